The lowest BCUT2D eigenvalue weighted by Gasteiger charge is -2.29. The minimum absolute atomic E-state index is 0.0837. The van der Waals surface area contributed by atoms with Gasteiger partial charge in [-0.1, -0.05) is 0 Å². The Kier molecular flexibility index (Phi) is 6.85. The van der Waals surface area contributed by atoms with Gasteiger partial charge < -0.3 is 4.90 Å². The highest BCUT2D eigenvalue weighted by atomic mass is 19.3. The fourth-order valence-electron chi connectivity index (χ4n) is 3.25. The van der Waals surface area contributed by atoms with Crippen LogP contribution < -0.4 is 0 Å². The highest BCUT2D eigenvalue weighted by molar-refractivity contribution is 5.98. The van der Waals surface area contributed by atoms with Crippen LogP contribution in [-0.2, 0) is 12.3 Å². The molecule has 1 atom stereocenters. The molecule has 0 saturated heterocycles. The van der Waals surface area contributed by atoms with Crippen molar-refractivity contribution in [3.05, 3.63) is 65.5 Å². The Morgan fingerprint density at radius 2 is 1.78 bits per heavy atom. The summed E-state index contributed by atoms with van der Waals surface area (Å²) in [5, 5.41) is 7.64. The predicted octanol–water partition coefficient (Wildman–Crippen LogP) is 3.93. The number of amides is 1. The first kappa shape index (κ1) is 23.3. The highest BCUT2D eigenvalue weighted by Gasteiger charge is 2.28. The van der Waals surface area contributed by atoms with Gasteiger partial charge in [-0.25, -0.2) is 27.5 Å². The van der Waals surface area contributed by atoms with E-state index in [0.717, 1.165) is 30.2 Å². The van der Waals surface area contributed by atoms with Crippen molar-refractivity contribution >= 4 is 5.91 Å². The van der Waals surface area contributed by atoms with Crippen molar-refractivity contribution < 1.29 is 22.4 Å². The molecule has 3 aromatic rings. The summed E-state index contributed by atoms with van der Waals surface area (Å²) in [4.78, 5) is 23.5. The Balaban J connectivity index is 1.78. The Morgan fingerprint density at radius 1 is 1.16 bits per heavy atom. The van der Waals surface area contributed by atoms with E-state index in [9.17, 15) is 22.4 Å². The third kappa shape index (κ3) is 4.92. The van der Waals surface area contributed by atoms with Gasteiger partial charge in [0.2, 0.25) is 0 Å². The molecule has 0 N–H and O–H groups in total. The molecular formula is C21H22F4N6O. The number of alkyl halides is 2. The maximum atomic E-state index is 14.5. The lowest BCUT2D eigenvalue weighted by molar-refractivity contribution is 0.0166. The Bertz CT molecular complexity index is 1070. The van der Waals surface area contributed by atoms with E-state index in [1.807, 2.05) is 0 Å². The molecule has 2 aromatic heterocycles. The zero-order valence-electron chi connectivity index (χ0n) is 17.8. The van der Waals surface area contributed by atoms with Crippen molar-refractivity contribution in [1.82, 2.24) is 29.9 Å². The zero-order chi connectivity index (χ0) is 23.5. The number of nitrogens with zero attached hydrogens (tertiary/aromatic N) is 6. The van der Waals surface area contributed by atoms with E-state index >= 15 is 0 Å². The molecule has 11 heteroatoms. The van der Waals surface area contributed by atoms with Crippen molar-refractivity contribution in [3.63, 3.8) is 0 Å². The summed E-state index contributed by atoms with van der Waals surface area (Å²) in [7, 11) is 0. The van der Waals surface area contributed by atoms with Gasteiger partial charge in [0, 0.05) is 38.3 Å². The molecule has 0 saturated carbocycles. The van der Waals surface area contributed by atoms with Crippen LogP contribution in [0.4, 0.5) is 17.6 Å². The molecule has 2 heterocycles. The van der Waals surface area contributed by atoms with Gasteiger partial charge >= 0.3 is 0 Å². The first-order valence-corrected chi connectivity index (χ1v) is 9.98. The van der Waals surface area contributed by atoms with Crippen LogP contribution in [0.1, 0.15) is 48.9 Å². The molecule has 0 radical (unpaired) electrons. The van der Waals surface area contributed by atoms with Crippen LogP contribution in [-0.4, -0.2) is 48.4 Å². The minimum Gasteiger partial charge on any atom is -0.336 e. The van der Waals surface area contributed by atoms with Crippen molar-refractivity contribution in [2.24, 2.45) is 0 Å². The second-order valence-corrected chi connectivity index (χ2v) is 7.33. The fourth-order valence-corrected chi connectivity index (χ4v) is 3.25. The number of halogens is 4. The molecule has 0 aliphatic carbocycles. The Hall–Kier alpha value is -3.37. The van der Waals surface area contributed by atoms with Gasteiger partial charge in [0.1, 0.15) is 11.5 Å². The summed E-state index contributed by atoms with van der Waals surface area (Å²) in [6.45, 7) is 4.62. The predicted molar refractivity (Wildman–Crippen MR) is 107 cm³/mol. The molecule has 0 spiro atoms. The molecule has 0 bridgehead atoms. The number of benzene rings is 1. The Labute approximate surface area is 182 Å². The largest absolute Gasteiger partial charge is 0.336 e. The molecule has 0 fully saturated rings. The second-order valence-electron chi connectivity index (χ2n) is 7.33. The third-order valence-corrected chi connectivity index (χ3v) is 5.05. The summed E-state index contributed by atoms with van der Waals surface area (Å²) in [5.74, 6) is -5.53. The van der Waals surface area contributed by atoms with Crippen LogP contribution in [0.3, 0.4) is 0 Å². The molecule has 0 aliphatic heterocycles. The summed E-state index contributed by atoms with van der Waals surface area (Å²) in [6, 6.07) is 1.75. The normalized spacial score (nSPS) is 12.6. The molecule has 1 aromatic carbocycles. The van der Waals surface area contributed by atoms with E-state index in [2.05, 4.69) is 20.2 Å². The van der Waals surface area contributed by atoms with Crippen molar-refractivity contribution in [1.29, 1.82) is 0 Å². The van der Waals surface area contributed by atoms with E-state index in [0.29, 0.717) is 25.2 Å². The van der Waals surface area contributed by atoms with Crippen LogP contribution in [0.2, 0.25) is 0 Å². The molecule has 3 rings (SSSR count). The quantitative estimate of drug-likeness (QED) is 0.486. The lowest BCUT2D eigenvalue weighted by Crippen LogP contribution is -2.39. The van der Waals surface area contributed by atoms with Gasteiger partial charge in [-0.15, -0.1) is 4.80 Å². The summed E-state index contributed by atoms with van der Waals surface area (Å²) >= 11 is 0. The zero-order valence-corrected chi connectivity index (χ0v) is 17.8. The van der Waals surface area contributed by atoms with E-state index in [1.165, 1.54) is 23.4 Å². The number of aromatic nitrogens is 5. The van der Waals surface area contributed by atoms with Gasteiger partial charge in [0.05, 0.1) is 23.5 Å². The van der Waals surface area contributed by atoms with Crippen molar-refractivity contribution in [2.45, 2.75) is 45.6 Å². The maximum Gasteiger partial charge on any atom is 0.273 e. The molecule has 170 valence electrons. The number of carbonyl (C=O) groups is 1. The summed E-state index contributed by atoms with van der Waals surface area (Å²) in [6.07, 6.45) is 5.52. The summed E-state index contributed by atoms with van der Waals surface area (Å²) in [5.41, 5.74) is -0.734. The number of hydrogen-bond acceptors (Lipinski definition) is 5. The average Bonchev–Trinajstić information content (AvgIpc) is 3.28. The molecule has 7 nitrogen and oxygen atoms in total. The summed E-state index contributed by atoms with van der Waals surface area (Å²) < 4.78 is 55.0. The van der Waals surface area contributed by atoms with Crippen LogP contribution in [0.5, 0.6) is 0 Å². The van der Waals surface area contributed by atoms with E-state index < -0.39 is 23.5 Å². The number of carbonyl (C=O) groups excluding carboxylic acids is 1. The smallest absolute Gasteiger partial charge is 0.273 e. The van der Waals surface area contributed by atoms with Crippen LogP contribution in [0.15, 0.2) is 36.9 Å². The monoisotopic (exact) mass is 450 g/mol. The minimum atomic E-state index is -3.02. The third-order valence-electron chi connectivity index (χ3n) is 5.05. The van der Waals surface area contributed by atoms with Gasteiger partial charge in [-0.3, -0.25) is 4.79 Å². The molecule has 1 amide bonds. The first-order chi connectivity index (χ1) is 15.1. The molecule has 0 aliphatic rings. The number of rotatable bonds is 8. The maximum absolute atomic E-state index is 14.5. The van der Waals surface area contributed by atoms with Crippen molar-refractivity contribution in [3.8, 4) is 5.69 Å². The van der Waals surface area contributed by atoms with E-state index in [-0.39, 0.29) is 22.9 Å². The van der Waals surface area contributed by atoms with Gasteiger partial charge in [-0.05, 0) is 32.4 Å². The van der Waals surface area contributed by atoms with Gasteiger partial charge in [0.25, 0.3) is 11.8 Å². The van der Waals surface area contributed by atoms with E-state index in [1.54, 1.807) is 13.8 Å². The van der Waals surface area contributed by atoms with Crippen LogP contribution in [0, 0.1) is 11.6 Å². The average molecular weight is 450 g/mol. The molecule has 32 heavy (non-hydrogen) atoms. The SMILES string of the molecule is CCN(C(=O)c1ccc(F)c(F)c1-n1nccn1)[C@@H](C)CCc1ncc(C(C)(F)F)cn1. The van der Waals surface area contributed by atoms with Gasteiger partial charge in [0.15, 0.2) is 11.6 Å². The highest BCUT2D eigenvalue weighted by Crippen LogP contribution is 2.26. The number of hydrogen-bond donors (Lipinski definition) is 0. The standard InChI is InChI=1S/C21H22F4N6O/c1-4-30(13(2)5-8-17-26-11-14(12-27-17)21(3,24)25)20(32)15-6-7-16(22)18(23)19(15)31-28-9-10-29-31/h6-7,9-13H,4-5,8H2,1-3H3/t13-/m0/s1. The van der Waals surface area contributed by atoms with Crippen LogP contribution >= 0.6 is 0 Å². The first-order valence-electron chi connectivity index (χ1n) is 9.98. The molecular weight excluding hydrogens is 428 g/mol. The van der Waals surface area contributed by atoms with Crippen LogP contribution in [0.25, 0.3) is 5.69 Å². The number of aryl methyl sites for hydroxylation is 1. The fraction of sp³-hybridized carbons (Fsp3) is 0.381. The Morgan fingerprint density at radius 3 is 2.34 bits per heavy atom. The van der Waals surface area contributed by atoms with Crippen molar-refractivity contribution in [2.75, 3.05) is 6.54 Å². The topological polar surface area (TPSA) is 76.8 Å². The lowest BCUT2D eigenvalue weighted by atomic mass is 10.1. The van der Waals surface area contributed by atoms with Gasteiger partial charge in [-0.2, -0.15) is 10.2 Å². The second kappa shape index (κ2) is 9.41. The van der Waals surface area contributed by atoms with E-state index in [4.69, 9.17) is 0 Å². The molecule has 0 unspecified atom stereocenters.